The largest absolute Gasteiger partial charge is 0.480 e. The number of carbonyl (C=O) groups is 2. The van der Waals surface area contributed by atoms with Crippen LogP contribution in [0.25, 0.3) is 0 Å². The maximum atomic E-state index is 10.5. The van der Waals surface area contributed by atoms with Crippen LogP contribution < -0.4 is 5.32 Å². The van der Waals surface area contributed by atoms with Crippen LogP contribution in [0, 0.1) is 5.92 Å². The summed E-state index contributed by atoms with van der Waals surface area (Å²) in [5.41, 5.74) is 0. The molecule has 0 heterocycles. The summed E-state index contributed by atoms with van der Waals surface area (Å²) >= 11 is 0. The minimum absolute atomic E-state index is 0.450. The van der Waals surface area contributed by atoms with E-state index < -0.39 is 12.0 Å². The molecule has 1 atom stereocenters. The highest BCUT2D eigenvalue weighted by atomic mass is 16.4. The van der Waals surface area contributed by atoms with Gasteiger partial charge >= 0.3 is 5.97 Å². The Morgan fingerprint density at radius 3 is 2.75 bits per heavy atom. The molecule has 0 saturated heterocycles. The van der Waals surface area contributed by atoms with E-state index in [0.717, 1.165) is 6.42 Å². The lowest BCUT2D eigenvalue weighted by atomic mass is 10.1. The molecule has 0 radical (unpaired) electrons. The fraction of sp³-hybridized carbons (Fsp3) is 0.750. The van der Waals surface area contributed by atoms with Gasteiger partial charge in [-0.1, -0.05) is 12.8 Å². The molecule has 0 bridgehead atoms. The molecule has 0 aromatic rings. The number of carboxylic acid groups (broad SMARTS) is 1. The predicted octanol–water partition coefficient (Wildman–Crippen LogP) is 0.376. The van der Waals surface area contributed by atoms with Gasteiger partial charge in [-0.15, -0.1) is 0 Å². The Morgan fingerprint density at radius 2 is 2.33 bits per heavy atom. The Kier molecular flexibility index (Phi) is 3.08. The van der Waals surface area contributed by atoms with Gasteiger partial charge in [0, 0.05) is 0 Å². The third-order valence-corrected chi connectivity index (χ3v) is 2.13. The highest BCUT2D eigenvalue weighted by Crippen LogP contribution is 2.33. The van der Waals surface area contributed by atoms with Crippen LogP contribution >= 0.6 is 0 Å². The Morgan fingerprint density at radius 1 is 1.67 bits per heavy atom. The molecule has 0 spiro atoms. The summed E-state index contributed by atoms with van der Waals surface area (Å²) < 4.78 is 0. The second-order valence-corrected chi connectivity index (χ2v) is 3.20. The van der Waals surface area contributed by atoms with Crippen LogP contribution in [0.2, 0.25) is 0 Å². The highest BCUT2D eigenvalue weighted by Gasteiger charge is 2.24. The van der Waals surface area contributed by atoms with Gasteiger partial charge in [0.1, 0.15) is 6.04 Å². The van der Waals surface area contributed by atoms with Crippen molar-refractivity contribution >= 4 is 12.4 Å². The van der Waals surface area contributed by atoms with Crippen molar-refractivity contribution in [2.24, 2.45) is 5.92 Å². The van der Waals surface area contributed by atoms with Crippen molar-refractivity contribution in [2.45, 2.75) is 31.7 Å². The first-order chi connectivity index (χ1) is 5.74. The van der Waals surface area contributed by atoms with Gasteiger partial charge in [-0.2, -0.15) is 0 Å². The van der Waals surface area contributed by atoms with Gasteiger partial charge in [0.15, 0.2) is 0 Å². The Balaban J connectivity index is 2.20. The minimum Gasteiger partial charge on any atom is -0.480 e. The average molecular weight is 171 g/mol. The molecule has 1 rings (SSSR count). The summed E-state index contributed by atoms with van der Waals surface area (Å²) in [5, 5.41) is 10.9. The second-order valence-electron chi connectivity index (χ2n) is 3.20. The van der Waals surface area contributed by atoms with E-state index in [1.807, 2.05) is 0 Å². The van der Waals surface area contributed by atoms with Gasteiger partial charge in [-0.05, 0) is 18.8 Å². The molecular weight excluding hydrogens is 158 g/mol. The quantitative estimate of drug-likeness (QED) is 0.567. The van der Waals surface area contributed by atoms with Crippen molar-refractivity contribution in [3.05, 3.63) is 0 Å². The van der Waals surface area contributed by atoms with Crippen LogP contribution in [0.4, 0.5) is 0 Å². The summed E-state index contributed by atoms with van der Waals surface area (Å²) in [7, 11) is 0. The minimum atomic E-state index is -0.942. The van der Waals surface area contributed by atoms with Gasteiger partial charge in [0.25, 0.3) is 0 Å². The molecule has 2 N–H and O–H groups in total. The Hall–Kier alpha value is -1.06. The fourth-order valence-electron chi connectivity index (χ4n) is 1.17. The lowest BCUT2D eigenvalue weighted by Crippen LogP contribution is -2.35. The average Bonchev–Trinajstić information content (AvgIpc) is 2.80. The number of hydrogen-bond donors (Lipinski definition) is 2. The number of hydrogen-bond acceptors (Lipinski definition) is 2. The first kappa shape index (κ1) is 9.03. The number of carbonyl (C=O) groups excluding carboxylic acids is 1. The van der Waals surface area contributed by atoms with Gasteiger partial charge in [-0.25, -0.2) is 4.79 Å². The third kappa shape index (κ3) is 2.90. The molecule has 1 amide bonds. The summed E-state index contributed by atoms with van der Waals surface area (Å²) in [6, 6.07) is -0.692. The van der Waals surface area contributed by atoms with Gasteiger partial charge in [0.2, 0.25) is 6.41 Å². The SMILES string of the molecule is O=CNC(CCC1CC1)C(=O)O. The van der Waals surface area contributed by atoms with E-state index in [-0.39, 0.29) is 0 Å². The lowest BCUT2D eigenvalue weighted by Gasteiger charge is -2.09. The van der Waals surface area contributed by atoms with Crippen LogP contribution in [-0.2, 0) is 9.59 Å². The smallest absolute Gasteiger partial charge is 0.326 e. The van der Waals surface area contributed by atoms with Crippen LogP contribution in [0.5, 0.6) is 0 Å². The first-order valence-electron chi connectivity index (χ1n) is 4.16. The van der Waals surface area contributed by atoms with Crippen LogP contribution in [0.3, 0.4) is 0 Å². The van der Waals surface area contributed by atoms with E-state index in [2.05, 4.69) is 5.32 Å². The van der Waals surface area contributed by atoms with E-state index in [4.69, 9.17) is 5.11 Å². The molecule has 0 aliphatic heterocycles. The van der Waals surface area contributed by atoms with E-state index >= 15 is 0 Å². The van der Waals surface area contributed by atoms with E-state index in [0.29, 0.717) is 18.7 Å². The van der Waals surface area contributed by atoms with Crippen LogP contribution in [0.15, 0.2) is 0 Å². The van der Waals surface area contributed by atoms with Crippen molar-refractivity contribution in [2.75, 3.05) is 0 Å². The monoisotopic (exact) mass is 171 g/mol. The molecule has 1 unspecified atom stereocenters. The molecule has 12 heavy (non-hydrogen) atoms. The van der Waals surface area contributed by atoms with E-state index in [1.165, 1.54) is 12.8 Å². The van der Waals surface area contributed by atoms with Crippen molar-refractivity contribution in [1.82, 2.24) is 5.32 Å². The number of amides is 1. The maximum Gasteiger partial charge on any atom is 0.326 e. The van der Waals surface area contributed by atoms with Gasteiger partial charge in [-0.3, -0.25) is 4.79 Å². The van der Waals surface area contributed by atoms with E-state index in [1.54, 1.807) is 0 Å². The van der Waals surface area contributed by atoms with Crippen molar-refractivity contribution < 1.29 is 14.7 Å². The molecule has 1 saturated carbocycles. The second kappa shape index (κ2) is 4.09. The number of aliphatic carboxylic acids is 1. The Labute approximate surface area is 71.0 Å². The van der Waals surface area contributed by atoms with Crippen LogP contribution in [0.1, 0.15) is 25.7 Å². The fourth-order valence-corrected chi connectivity index (χ4v) is 1.17. The molecule has 4 nitrogen and oxygen atoms in total. The topological polar surface area (TPSA) is 66.4 Å². The molecule has 0 aromatic heterocycles. The predicted molar refractivity (Wildman–Crippen MR) is 42.6 cm³/mol. The number of rotatable bonds is 6. The van der Waals surface area contributed by atoms with Crippen molar-refractivity contribution in [3.63, 3.8) is 0 Å². The standard InChI is InChI=1S/C8H13NO3/c10-5-9-7(8(11)12)4-3-6-1-2-6/h5-7H,1-4H2,(H,9,10)(H,11,12). The summed E-state index contributed by atoms with van der Waals surface area (Å²) in [5.74, 6) is -0.233. The van der Waals surface area contributed by atoms with Gasteiger partial charge < -0.3 is 10.4 Å². The normalized spacial score (nSPS) is 18.3. The Bertz CT molecular complexity index is 177. The molecule has 68 valence electrons. The number of carboxylic acids is 1. The summed E-state index contributed by atoms with van der Waals surface area (Å²) in [6.45, 7) is 0. The molecule has 1 aliphatic carbocycles. The number of nitrogens with one attached hydrogen (secondary N) is 1. The molecule has 1 fully saturated rings. The third-order valence-electron chi connectivity index (χ3n) is 2.13. The van der Waals surface area contributed by atoms with Crippen molar-refractivity contribution in [3.8, 4) is 0 Å². The molecular formula is C8H13NO3. The molecule has 1 aliphatic rings. The summed E-state index contributed by atoms with van der Waals surface area (Å²) in [4.78, 5) is 20.5. The summed E-state index contributed by atoms with van der Waals surface area (Å²) in [6.07, 6.45) is 4.35. The van der Waals surface area contributed by atoms with Crippen LogP contribution in [-0.4, -0.2) is 23.5 Å². The lowest BCUT2D eigenvalue weighted by molar-refractivity contribution is -0.140. The highest BCUT2D eigenvalue weighted by molar-refractivity contribution is 5.76. The van der Waals surface area contributed by atoms with Crippen molar-refractivity contribution in [1.29, 1.82) is 0 Å². The zero-order valence-electron chi connectivity index (χ0n) is 6.82. The van der Waals surface area contributed by atoms with Gasteiger partial charge in [0.05, 0.1) is 0 Å². The molecule has 4 heteroatoms. The first-order valence-corrected chi connectivity index (χ1v) is 4.16. The molecule has 0 aromatic carbocycles. The van der Waals surface area contributed by atoms with E-state index in [9.17, 15) is 9.59 Å². The zero-order chi connectivity index (χ0) is 8.97. The maximum absolute atomic E-state index is 10.5. The zero-order valence-corrected chi connectivity index (χ0v) is 6.82.